The van der Waals surface area contributed by atoms with Gasteiger partial charge < -0.3 is 24.6 Å². The summed E-state index contributed by atoms with van der Waals surface area (Å²) in [6.45, 7) is 1.87. The number of amides is 2. The molecule has 2 saturated heterocycles. The van der Waals surface area contributed by atoms with Crippen LogP contribution in [0.3, 0.4) is 0 Å². The first-order valence-electron chi connectivity index (χ1n) is 10.4. The van der Waals surface area contributed by atoms with Crippen molar-refractivity contribution >= 4 is 23.5 Å². The van der Waals surface area contributed by atoms with E-state index in [2.05, 4.69) is 20.2 Å². The van der Waals surface area contributed by atoms with Gasteiger partial charge in [0.25, 0.3) is 0 Å². The zero-order valence-corrected chi connectivity index (χ0v) is 17.8. The number of rotatable bonds is 6. The summed E-state index contributed by atoms with van der Waals surface area (Å²) in [5, 5.41) is 3.13. The molecule has 2 fully saturated rings. The molecule has 9 nitrogen and oxygen atoms in total. The minimum atomic E-state index is -0.385. The van der Waals surface area contributed by atoms with Crippen LogP contribution in [0.15, 0.2) is 36.7 Å². The Hall–Kier alpha value is -3.36. The lowest BCUT2D eigenvalue weighted by molar-refractivity contribution is -0.127. The Balaban J connectivity index is 1.38. The van der Waals surface area contributed by atoms with Gasteiger partial charge in [0, 0.05) is 56.2 Å². The molecule has 0 saturated carbocycles. The molecule has 2 unspecified atom stereocenters. The number of hydrogen-bond donors (Lipinski definition) is 1. The Morgan fingerprint density at radius 3 is 2.65 bits per heavy atom. The van der Waals surface area contributed by atoms with Crippen molar-refractivity contribution in [3.8, 4) is 11.5 Å². The number of anilines is 2. The molecule has 2 aliphatic rings. The van der Waals surface area contributed by atoms with Crippen molar-refractivity contribution in [1.29, 1.82) is 0 Å². The maximum absolute atomic E-state index is 12.9. The van der Waals surface area contributed by atoms with E-state index in [0.29, 0.717) is 36.2 Å². The lowest BCUT2D eigenvalue weighted by atomic mass is 10.0. The third-order valence-electron chi connectivity index (χ3n) is 5.78. The molecular formula is C22H27N5O4. The molecule has 9 heteroatoms. The number of carbonyl (C=O) groups excluding carboxylic acids is 2. The Bertz CT molecular complexity index is 939. The van der Waals surface area contributed by atoms with E-state index in [9.17, 15) is 9.59 Å². The number of piperidine rings is 1. The van der Waals surface area contributed by atoms with Crippen molar-refractivity contribution in [3.05, 3.63) is 36.7 Å². The van der Waals surface area contributed by atoms with Crippen LogP contribution in [0, 0.1) is 5.92 Å². The third kappa shape index (κ3) is 4.55. The maximum atomic E-state index is 12.9. The van der Waals surface area contributed by atoms with Crippen molar-refractivity contribution in [3.63, 3.8) is 0 Å². The average molecular weight is 425 g/mol. The molecule has 2 atom stereocenters. The highest BCUT2D eigenvalue weighted by Gasteiger charge is 2.36. The van der Waals surface area contributed by atoms with Crippen LogP contribution in [-0.4, -0.2) is 61.7 Å². The minimum Gasteiger partial charge on any atom is -0.493 e. The monoisotopic (exact) mass is 425 g/mol. The van der Waals surface area contributed by atoms with Crippen molar-refractivity contribution in [2.24, 2.45) is 5.92 Å². The normalized spacial score (nSPS) is 21.2. The second-order valence-electron chi connectivity index (χ2n) is 7.79. The minimum absolute atomic E-state index is 0.00953. The molecule has 2 aliphatic heterocycles. The van der Waals surface area contributed by atoms with Crippen LogP contribution in [0.5, 0.6) is 11.5 Å². The van der Waals surface area contributed by atoms with Crippen LogP contribution in [0.1, 0.15) is 19.3 Å². The van der Waals surface area contributed by atoms with Gasteiger partial charge in [0.2, 0.25) is 17.8 Å². The van der Waals surface area contributed by atoms with Gasteiger partial charge in [-0.1, -0.05) is 0 Å². The first-order chi connectivity index (χ1) is 15.1. The third-order valence-corrected chi connectivity index (χ3v) is 5.78. The second kappa shape index (κ2) is 9.20. The Morgan fingerprint density at radius 2 is 1.90 bits per heavy atom. The molecule has 31 heavy (non-hydrogen) atoms. The lowest BCUT2D eigenvalue weighted by Crippen LogP contribution is -2.50. The quantitative estimate of drug-likeness (QED) is 0.751. The Morgan fingerprint density at radius 1 is 1.13 bits per heavy atom. The molecule has 0 spiro atoms. The zero-order valence-electron chi connectivity index (χ0n) is 17.8. The highest BCUT2D eigenvalue weighted by atomic mass is 16.5. The van der Waals surface area contributed by atoms with Gasteiger partial charge in [0.05, 0.1) is 20.1 Å². The molecule has 0 radical (unpaired) electrons. The molecule has 2 aromatic rings. The predicted octanol–water partition coefficient (Wildman–Crippen LogP) is 1.63. The first-order valence-corrected chi connectivity index (χ1v) is 10.4. The van der Waals surface area contributed by atoms with E-state index >= 15 is 0 Å². The largest absolute Gasteiger partial charge is 0.493 e. The molecule has 3 heterocycles. The number of ether oxygens (including phenoxy) is 2. The van der Waals surface area contributed by atoms with Gasteiger partial charge in [-0.2, -0.15) is 0 Å². The molecular weight excluding hydrogens is 398 g/mol. The van der Waals surface area contributed by atoms with Crippen molar-refractivity contribution < 1.29 is 19.1 Å². The van der Waals surface area contributed by atoms with Gasteiger partial charge in [-0.25, -0.2) is 9.97 Å². The lowest BCUT2D eigenvalue weighted by Gasteiger charge is -2.33. The molecule has 1 aromatic heterocycles. The van der Waals surface area contributed by atoms with Gasteiger partial charge >= 0.3 is 0 Å². The fraction of sp³-hybridized carbons (Fsp3) is 0.455. The number of methoxy groups -OCH3 is 2. The van der Waals surface area contributed by atoms with Crippen LogP contribution in [0.4, 0.5) is 11.6 Å². The Labute approximate surface area is 181 Å². The number of nitrogens with zero attached hydrogens (tertiary/aromatic N) is 4. The molecule has 164 valence electrons. The van der Waals surface area contributed by atoms with Crippen molar-refractivity contribution in [1.82, 2.24) is 15.3 Å². The van der Waals surface area contributed by atoms with Gasteiger partial charge in [0.15, 0.2) is 11.5 Å². The van der Waals surface area contributed by atoms with E-state index in [1.165, 1.54) is 0 Å². The number of nitrogens with one attached hydrogen (secondary N) is 1. The number of hydrogen-bond acceptors (Lipinski definition) is 7. The van der Waals surface area contributed by atoms with E-state index in [-0.39, 0.29) is 30.2 Å². The van der Waals surface area contributed by atoms with Gasteiger partial charge in [0.1, 0.15) is 0 Å². The van der Waals surface area contributed by atoms with E-state index < -0.39 is 0 Å². The van der Waals surface area contributed by atoms with E-state index in [0.717, 1.165) is 19.4 Å². The fourth-order valence-electron chi connectivity index (χ4n) is 4.18. The zero-order chi connectivity index (χ0) is 21.8. The maximum Gasteiger partial charge on any atom is 0.227 e. The topological polar surface area (TPSA) is 96.9 Å². The average Bonchev–Trinajstić information content (AvgIpc) is 3.21. The summed E-state index contributed by atoms with van der Waals surface area (Å²) in [5.41, 5.74) is 0.697. The summed E-state index contributed by atoms with van der Waals surface area (Å²) < 4.78 is 10.6. The molecule has 1 aromatic carbocycles. The highest BCUT2D eigenvalue weighted by Crippen LogP contribution is 2.34. The molecule has 4 rings (SSSR count). The number of carbonyl (C=O) groups is 2. The highest BCUT2D eigenvalue weighted by molar-refractivity contribution is 6.00. The smallest absolute Gasteiger partial charge is 0.227 e. The van der Waals surface area contributed by atoms with Gasteiger partial charge in [-0.05, 0) is 31.0 Å². The van der Waals surface area contributed by atoms with E-state index in [4.69, 9.17) is 9.47 Å². The van der Waals surface area contributed by atoms with Crippen LogP contribution in [-0.2, 0) is 9.59 Å². The summed E-state index contributed by atoms with van der Waals surface area (Å²) in [6, 6.07) is 7.12. The van der Waals surface area contributed by atoms with Crippen molar-refractivity contribution in [2.45, 2.75) is 25.3 Å². The summed E-state index contributed by atoms with van der Waals surface area (Å²) in [4.78, 5) is 37.9. The summed E-state index contributed by atoms with van der Waals surface area (Å²) in [6.07, 6.45) is 5.48. The Kier molecular flexibility index (Phi) is 6.20. The SMILES string of the molecule is COc1ccc(N2CC(C(=O)NC3CCCN(c4ncccn4)C3)CC2=O)cc1OC. The standard InChI is InChI=1S/C22H27N5O4/c1-30-18-7-6-17(12-19(18)31-2)27-13-15(11-20(27)28)21(29)25-16-5-3-10-26(14-16)22-23-8-4-9-24-22/h4,6-9,12,15-16H,3,5,10-11,13-14H2,1-2H3,(H,25,29). The second-order valence-corrected chi connectivity index (χ2v) is 7.79. The van der Waals surface area contributed by atoms with Gasteiger partial charge in [-0.3, -0.25) is 9.59 Å². The summed E-state index contributed by atoms with van der Waals surface area (Å²) in [5.74, 6) is 1.27. The summed E-state index contributed by atoms with van der Waals surface area (Å²) >= 11 is 0. The molecule has 0 aliphatic carbocycles. The molecule has 2 amide bonds. The fourth-order valence-corrected chi connectivity index (χ4v) is 4.18. The van der Waals surface area contributed by atoms with Crippen LogP contribution in [0.25, 0.3) is 0 Å². The first kappa shape index (κ1) is 20.9. The van der Waals surface area contributed by atoms with Crippen molar-refractivity contribution in [2.75, 3.05) is 43.7 Å². The number of benzene rings is 1. The number of aromatic nitrogens is 2. The van der Waals surface area contributed by atoms with Gasteiger partial charge in [-0.15, -0.1) is 0 Å². The van der Waals surface area contributed by atoms with Crippen LogP contribution < -0.4 is 24.6 Å². The molecule has 1 N–H and O–H groups in total. The summed E-state index contributed by atoms with van der Waals surface area (Å²) in [7, 11) is 3.12. The molecule has 0 bridgehead atoms. The predicted molar refractivity (Wildman–Crippen MR) is 115 cm³/mol. The van der Waals surface area contributed by atoms with E-state index in [1.54, 1.807) is 55.8 Å². The van der Waals surface area contributed by atoms with Crippen LogP contribution in [0.2, 0.25) is 0 Å². The van der Waals surface area contributed by atoms with E-state index in [1.807, 2.05) is 0 Å². The van der Waals surface area contributed by atoms with Crippen LogP contribution >= 0.6 is 0 Å².